The van der Waals surface area contributed by atoms with E-state index in [1.807, 2.05) is 37.1 Å². The molecule has 6 heteroatoms. The van der Waals surface area contributed by atoms with Crippen molar-refractivity contribution < 1.29 is 4.92 Å². The van der Waals surface area contributed by atoms with Crippen LogP contribution in [-0.2, 0) is 26.4 Å². The second-order valence-corrected chi connectivity index (χ2v) is 5.50. The fourth-order valence-corrected chi connectivity index (χ4v) is 2.59. The number of hydrogen-bond acceptors (Lipinski definition) is 4. The highest BCUT2D eigenvalue weighted by Crippen LogP contribution is 2.18. The fraction of sp³-hybridized carbons (Fsp3) is 0.438. The summed E-state index contributed by atoms with van der Waals surface area (Å²) in [6, 6.07) is 6.94. The zero-order valence-corrected chi connectivity index (χ0v) is 13.3. The van der Waals surface area contributed by atoms with Gasteiger partial charge in [-0.05, 0) is 19.9 Å². The molecule has 2 rings (SSSR count). The van der Waals surface area contributed by atoms with Crippen LogP contribution >= 0.6 is 0 Å². The van der Waals surface area contributed by atoms with Gasteiger partial charge in [0.25, 0.3) is 5.69 Å². The van der Waals surface area contributed by atoms with Gasteiger partial charge in [0.2, 0.25) is 0 Å². The maximum atomic E-state index is 11.0. The van der Waals surface area contributed by atoms with E-state index in [4.69, 9.17) is 0 Å². The molecule has 0 radical (unpaired) electrons. The number of hydrogen-bond donors (Lipinski definition) is 0. The van der Waals surface area contributed by atoms with Crippen molar-refractivity contribution in [3.8, 4) is 0 Å². The van der Waals surface area contributed by atoms with Crippen LogP contribution in [-0.4, -0.2) is 33.2 Å². The summed E-state index contributed by atoms with van der Waals surface area (Å²) in [5.74, 6) is 0. The lowest BCUT2D eigenvalue weighted by Gasteiger charge is -2.16. The maximum absolute atomic E-state index is 11.0. The molecular formula is C16H22N4O2. The quantitative estimate of drug-likeness (QED) is 0.582. The van der Waals surface area contributed by atoms with Gasteiger partial charge < -0.3 is 4.90 Å². The van der Waals surface area contributed by atoms with Gasteiger partial charge in [0, 0.05) is 43.5 Å². The summed E-state index contributed by atoms with van der Waals surface area (Å²) in [7, 11) is 3.96. The van der Waals surface area contributed by atoms with E-state index in [9.17, 15) is 10.1 Å². The minimum atomic E-state index is -0.314. The van der Waals surface area contributed by atoms with Gasteiger partial charge in [0.15, 0.2) is 0 Å². The molecule has 2 aromatic rings. The van der Waals surface area contributed by atoms with E-state index in [2.05, 4.69) is 16.9 Å². The first kappa shape index (κ1) is 16.2. The average molecular weight is 302 g/mol. The fourth-order valence-electron chi connectivity index (χ4n) is 2.59. The molecule has 0 spiro atoms. The molecule has 22 heavy (non-hydrogen) atoms. The summed E-state index contributed by atoms with van der Waals surface area (Å²) >= 11 is 0. The highest BCUT2D eigenvalue weighted by Gasteiger charge is 2.13. The van der Waals surface area contributed by atoms with Crippen molar-refractivity contribution in [3.05, 3.63) is 57.4 Å². The van der Waals surface area contributed by atoms with Crippen LogP contribution in [0, 0.1) is 10.1 Å². The number of para-hydroxylation sites is 1. The van der Waals surface area contributed by atoms with Crippen LogP contribution in [0.2, 0.25) is 0 Å². The molecule has 1 aromatic carbocycles. The van der Waals surface area contributed by atoms with E-state index in [0.29, 0.717) is 6.42 Å². The zero-order chi connectivity index (χ0) is 16.1. The minimum absolute atomic E-state index is 0.200. The molecule has 0 fully saturated rings. The van der Waals surface area contributed by atoms with E-state index < -0.39 is 0 Å². The molecule has 0 atom stereocenters. The third-order valence-corrected chi connectivity index (χ3v) is 3.72. The van der Waals surface area contributed by atoms with Crippen LogP contribution in [0.15, 0.2) is 30.5 Å². The number of benzene rings is 1. The SMILES string of the molecule is CCc1nn(C)cc1CN(C)CCc1ccccc1[N+](=O)[O-]. The van der Waals surface area contributed by atoms with Crippen molar-refractivity contribution in [1.82, 2.24) is 14.7 Å². The van der Waals surface area contributed by atoms with E-state index in [0.717, 1.165) is 30.8 Å². The molecule has 0 unspecified atom stereocenters. The molecule has 1 aromatic heterocycles. The Morgan fingerprint density at radius 1 is 1.32 bits per heavy atom. The van der Waals surface area contributed by atoms with Gasteiger partial charge >= 0.3 is 0 Å². The van der Waals surface area contributed by atoms with Crippen molar-refractivity contribution >= 4 is 5.69 Å². The molecule has 0 aliphatic heterocycles. The molecule has 0 amide bonds. The number of nitrogens with zero attached hydrogens (tertiary/aromatic N) is 4. The Balaban J connectivity index is 1.98. The third kappa shape index (κ3) is 3.92. The van der Waals surface area contributed by atoms with Crippen LogP contribution < -0.4 is 0 Å². The lowest BCUT2D eigenvalue weighted by atomic mass is 10.1. The van der Waals surface area contributed by atoms with E-state index in [1.165, 1.54) is 5.56 Å². The van der Waals surface area contributed by atoms with E-state index in [1.54, 1.807) is 12.1 Å². The number of likely N-dealkylation sites (N-methyl/N-ethyl adjacent to an activating group) is 1. The number of rotatable bonds is 7. The van der Waals surface area contributed by atoms with Crippen LogP contribution in [0.4, 0.5) is 5.69 Å². The second kappa shape index (κ2) is 7.17. The molecule has 0 aliphatic carbocycles. The smallest absolute Gasteiger partial charge is 0.272 e. The van der Waals surface area contributed by atoms with E-state index in [-0.39, 0.29) is 10.6 Å². The normalized spacial score (nSPS) is 11.1. The highest BCUT2D eigenvalue weighted by atomic mass is 16.6. The molecule has 0 saturated heterocycles. The predicted molar refractivity (Wildman–Crippen MR) is 85.7 cm³/mol. The molecule has 0 aliphatic rings. The summed E-state index contributed by atoms with van der Waals surface area (Å²) in [4.78, 5) is 12.9. The van der Waals surface area contributed by atoms with E-state index >= 15 is 0 Å². The van der Waals surface area contributed by atoms with Crippen LogP contribution in [0.1, 0.15) is 23.7 Å². The Morgan fingerprint density at radius 3 is 2.73 bits per heavy atom. The van der Waals surface area contributed by atoms with Crippen LogP contribution in [0.3, 0.4) is 0 Å². The maximum Gasteiger partial charge on any atom is 0.272 e. The molecule has 0 N–H and O–H groups in total. The molecule has 1 heterocycles. The minimum Gasteiger partial charge on any atom is -0.302 e. The summed E-state index contributed by atoms with van der Waals surface area (Å²) in [5.41, 5.74) is 3.31. The van der Waals surface area contributed by atoms with Crippen LogP contribution in [0.25, 0.3) is 0 Å². The van der Waals surface area contributed by atoms with Gasteiger partial charge in [-0.3, -0.25) is 14.8 Å². The van der Waals surface area contributed by atoms with Crippen molar-refractivity contribution in [3.63, 3.8) is 0 Å². The van der Waals surface area contributed by atoms with Gasteiger partial charge in [0.05, 0.1) is 10.6 Å². The standard InChI is InChI=1S/C16H22N4O2/c1-4-15-14(12-19(3)17-15)11-18(2)10-9-13-7-5-6-8-16(13)20(21)22/h5-8,12H,4,9-11H2,1-3H3. The van der Waals surface area contributed by atoms with Gasteiger partial charge in [-0.25, -0.2) is 0 Å². The Labute approximate surface area is 130 Å². The third-order valence-electron chi connectivity index (χ3n) is 3.72. The first-order valence-electron chi connectivity index (χ1n) is 7.43. The first-order valence-corrected chi connectivity index (χ1v) is 7.43. The number of nitro benzene ring substituents is 1. The summed E-state index contributed by atoms with van der Waals surface area (Å²) in [6.07, 6.45) is 3.61. The Hall–Kier alpha value is -2.21. The van der Waals surface area contributed by atoms with Crippen molar-refractivity contribution in [2.75, 3.05) is 13.6 Å². The van der Waals surface area contributed by atoms with Crippen molar-refractivity contribution in [2.45, 2.75) is 26.3 Å². The summed E-state index contributed by atoms with van der Waals surface area (Å²) < 4.78 is 1.84. The van der Waals surface area contributed by atoms with Crippen molar-refractivity contribution in [2.24, 2.45) is 7.05 Å². The average Bonchev–Trinajstić information content (AvgIpc) is 2.85. The molecule has 0 bridgehead atoms. The van der Waals surface area contributed by atoms with Crippen LogP contribution in [0.5, 0.6) is 0 Å². The Kier molecular flexibility index (Phi) is 5.27. The van der Waals surface area contributed by atoms with Gasteiger partial charge in [-0.2, -0.15) is 5.10 Å². The second-order valence-electron chi connectivity index (χ2n) is 5.50. The Bertz CT molecular complexity index is 651. The van der Waals surface area contributed by atoms with Gasteiger partial charge in [0.1, 0.15) is 0 Å². The molecule has 6 nitrogen and oxygen atoms in total. The van der Waals surface area contributed by atoms with Gasteiger partial charge in [-0.15, -0.1) is 0 Å². The highest BCUT2D eigenvalue weighted by molar-refractivity contribution is 5.39. The summed E-state index contributed by atoms with van der Waals surface area (Å²) in [6.45, 7) is 3.67. The molecule has 118 valence electrons. The predicted octanol–water partition coefficient (Wildman–Crippen LogP) is 2.57. The number of aryl methyl sites for hydroxylation is 2. The molecule has 0 saturated carbocycles. The van der Waals surface area contributed by atoms with Gasteiger partial charge in [-0.1, -0.05) is 25.1 Å². The largest absolute Gasteiger partial charge is 0.302 e. The monoisotopic (exact) mass is 302 g/mol. The number of nitro groups is 1. The topological polar surface area (TPSA) is 64.2 Å². The molecular weight excluding hydrogens is 280 g/mol. The lowest BCUT2D eigenvalue weighted by Crippen LogP contribution is -2.21. The zero-order valence-electron chi connectivity index (χ0n) is 13.3. The first-order chi connectivity index (χ1) is 10.5. The number of aromatic nitrogens is 2. The lowest BCUT2D eigenvalue weighted by molar-refractivity contribution is -0.385. The van der Waals surface area contributed by atoms with Crippen molar-refractivity contribution in [1.29, 1.82) is 0 Å². The Morgan fingerprint density at radius 2 is 2.05 bits per heavy atom. The summed E-state index contributed by atoms with van der Waals surface area (Å²) in [5, 5.41) is 15.5.